The van der Waals surface area contributed by atoms with Gasteiger partial charge in [-0.15, -0.1) is 0 Å². The molecule has 84 valence electrons. The third-order valence-electron chi connectivity index (χ3n) is 4.07. The summed E-state index contributed by atoms with van der Waals surface area (Å²) < 4.78 is 0. The Morgan fingerprint density at radius 2 is 1.93 bits per heavy atom. The minimum Gasteiger partial charge on any atom is -0.481 e. The highest BCUT2D eigenvalue weighted by molar-refractivity contribution is 5.68. The SMILES string of the molecule is O=C(O)CC1CC2(CC(=O)O)CCC1C2. The second kappa shape index (κ2) is 3.51. The predicted molar refractivity (Wildman–Crippen MR) is 52.4 cm³/mol. The van der Waals surface area contributed by atoms with Gasteiger partial charge in [0.05, 0.1) is 6.42 Å². The Morgan fingerprint density at radius 3 is 2.53 bits per heavy atom. The molecule has 2 aliphatic carbocycles. The number of carbonyl (C=O) groups is 2. The molecule has 4 nitrogen and oxygen atoms in total. The summed E-state index contributed by atoms with van der Waals surface area (Å²) in [7, 11) is 0. The van der Waals surface area contributed by atoms with E-state index in [-0.39, 0.29) is 24.2 Å². The number of hydrogen-bond acceptors (Lipinski definition) is 2. The second-order valence-electron chi connectivity index (χ2n) is 5.14. The number of fused-ring (bicyclic) bond motifs is 2. The van der Waals surface area contributed by atoms with Crippen LogP contribution in [0.25, 0.3) is 0 Å². The smallest absolute Gasteiger partial charge is 0.303 e. The summed E-state index contributed by atoms with van der Waals surface area (Å²) in [5, 5.41) is 17.6. The van der Waals surface area contributed by atoms with Crippen LogP contribution in [0.5, 0.6) is 0 Å². The zero-order valence-corrected chi connectivity index (χ0v) is 8.61. The van der Waals surface area contributed by atoms with Gasteiger partial charge in [-0.1, -0.05) is 0 Å². The monoisotopic (exact) mass is 212 g/mol. The molecule has 0 saturated heterocycles. The molecule has 2 aliphatic rings. The van der Waals surface area contributed by atoms with Crippen molar-refractivity contribution < 1.29 is 19.8 Å². The van der Waals surface area contributed by atoms with Crippen LogP contribution >= 0.6 is 0 Å². The van der Waals surface area contributed by atoms with Gasteiger partial charge < -0.3 is 10.2 Å². The van der Waals surface area contributed by atoms with Gasteiger partial charge in [-0.05, 0) is 42.9 Å². The molecule has 15 heavy (non-hydrogen) atoms. The van der Waals surface area contributed by atoms with Crippen molar-refractivity contribution in [1.29, 1.82) is 0 Å². The standard InChI is InChI=1S/C11H16O4/c12-9(13)3-8-5-11(6-10(14)15)2-1-7(8)4-11/h7-8H,1-6H2,(H,12,13)(H,14,15). The number of rotatable bonds is 4. The Morgan fingerprint density at radius 1 is 1.20 bits per heavy atom. The normalized spacial score (nSPS) is 38.1. The third-order valence-corrected chi connectivity index (χ3v) is 4.07. The Balaban J connectivity index is 2.01. The average molecular weight is 212 g/mol. The van der Waals surface area contributed by atoms with Gasteiger partial charge in [0.25, 0.3) is 0 Å². The van der Waals surface area contributed by atoms with Gasteiger partial charge in [0.2, 0.25) is 0 Å². The van der Waals surface area contributed by atoms with Gasteiger partial charge in [0.1, 0.15) is 0 Å². The molecular formula is C11H16O4. The number of hydrogen-bond donors (Lipinski definition) is 2. The van der Waals surface area contributed by atoms with Gasteiger partial charge in [-0.25, -0.2) is 0 Å². The largest absolute Gasteiger partial charge is 0.481 e. The predicted octanol–water partition coefficient (Wildman–Crippen LogP) is 1.74. The maximum atomic E-state index is 10.8. The highest BCUT2D eigenvalue weighted by Crippen LogP contribution is 2.59. The van der Waals surface area contributed by atoms with E-state index in [1.807, 2.05) is 0 Å². The van der Waals surface area contributed by atoms with Crippen molar-refractivity contribution in [3.05, 3.63) is 0 Å². The van der Waals surface area contributed by atoms with E-state index in [9.17, 15) is 9.59 Å². The minimum absolute atomic E-state index is 0.0728. The fourth-order valence-electron chi connectivity index (χ4n) is 3.58. The first-order valence-corrected chi connectivity index (χ1v) is 5.44. The molecule has 2 bridgehead atoms. The highest BCUT2D eigenvalue weighted by atomic mass is 16.4. The van der Waals surface area contributed by atoms with Gasteiger partial charge >= 0.3 is 11.9 Å². The highest BCUT2D eigenvalue weighted by Gasteiger charge is 2.51. The zero-order chi connectivity index (χ0) is 11.1. The molecule has 0 heterocycles. The van der Waals surface area contributed by atoms with Crippen molar-refractivity contribution in [2.24, 2.45) is 17.3 Å². The van der Waals surface area contributed by atoms with Crippen LogP contribution in [-0.4, -0.2) is 22.2 Å². The van der Waals surface area contributed by atoms with E-state index in [0.29, 0.717) is 5.92 Å². The fourth-order valence-corrected chi connectivity index (χ4v) is 3.58. The van der Waals surface area contributed by atoms with Crippen molar-refractivity contribution in [2.75, 3.05) is 0 Å². The molecule has 0 aliphatic heterocycles. The maximum Gasteiger partial charge on any atom is 0.303 e. The van der Waals surface area contributed by atoms with Gasteiger partial charge in [-0.2, -0.15) is 0 Å². The summed E-state index contributed by atoms with van der Waals surface area (Å²) in [6, 6.07) is 0. The minimum atomic E-state index is -0.752. The molecule has 0 amide bonds. The van der Waals surface area contributed by atoms with Crippen LogP contribution in [0.3, 0.4) is 0 Å². The average Bonchev–Trinajstić information content (AvgIpc) is 2.57. The van der Waals surface area contributed by atoms with E-state index < -0.39 is 11.9 Å². The Bertz CT molecular complexity index is 299. The molecule has 0 aromatic heterocycles. The van der Waals surface area contributed by atoms with Crippen LogP contribution < -0.4 is 0 Å². The molecular weight excluding hydrogens is 196 g/mol. The number of carboxylic acids is 2. The zero-order valence-electron chi connectivity index (χ0n) is 8.61. The van der Waals surface area contributed by atoms with E-state index in [1.165, 1.54) is 0 Å². The molecule has 3 atom stereocenters. The van der Waals surface area contributed by atoms with E-state index in [4.69, 9.17) is 10.2 Å². The van der Waals surface area contributed by atoms with E-state index in [1.54, 1.807) is 0 Å². The molecule has 0 aromatic rings. The lowest BCUT2D eigenvalue weighted by molar-refractivity contribution is -0.139. The summed E-state index contributed by atoms with van der Waals surface area (Å²) in [6.45, 7) is 0. The molecule has 2 rings (SSSR count). The van der Waals surface area contributed by atoms with Crippen LogP contribution in [0.2, 0.25) is 0 Å². The molecule has 3 unspecified atom stereocenters. The fraction of sp³-hybridized carbons (Fsp3) is 0.818. The van der Waals surface area contributed by atoms with Crippen LogP contribution in [0, 0.1) is 17.3 Å². The third kappa shape index (κ3) is 1.98. The van der Waals surface area contributed by atoms with E-state index in [0.717, 1.165) is 25.7 Å². The van der Waals surface area contributed by atoms with Gasteiger partial charge in [-0.3, -0.25) is 9.59 Å². The van der Waals surface area contributed by atoms with Crippen molar-refractivity contribution in [3.8, 4) is 0 Å². The molecule has 0 aromatic carbocycles. The molecule has 2 saturated carbocycles. The van der Waals surface area contributed by atoms with Crippen LogP contribution in [0.4, 0.5) is 0 Å². The van der Waals surface area contributed by atoms with E-state index in [2.05, 4.69) is 0 Å². The Hall–Kier alpha value is -1.06. The first-order chi connectivity index (χ1) is 7.01. The van der Waals surface area contributed by atoms with Crippen molar-refractivity contribution >= 4 is 11.9 Å². The van der Waals surface area contributed by atoms with Gasteiger partial charge in [0.15, 0.2) is 0 Å². The summed E-state index contributed by atoms with van der Waals surface area (Å²) in [6.07, 6.45) is 4.16. The first-order valence-electron chi connectivity index (χ1n) is 5.44. The summed E-state index contributed by atoms with van der Waals surface area (Å²) in [5.41, 5.74) is -0.0728. The lowest BCUT2D eigenvalue weighted by Gasteiger charge is -2.27. The van der Waals surface area contributed by atoms with Crippen molar-refractivity contribution in [2.45, 2.75) is 38.5 Å². The van der Waals surface area contributed by atoms with Gasteiger partial charge in [0, 0.05) is 6.42 Å². The molecule has 2 fully saturated rings. The summed E-state index contributed by atoms with van der Waals surface area (Å²) >= 11 is 0. The number of carboxylic acid groups (broad SMARTS) is 2. The topological polar surface area (TPSA) is 74.6 Å². The molecule has 2 N–H and O–H groups in total. The second-order valence-corrected chi connectivity index (χ2v) is 5.14. The van der Waals surface area contributed by atoms with Crippen LogP contribution in [0.1, 0.15) is 38.5 Å². The maximum absolute atomic E-state index is 10.8. The summed E-state index contributed by atoms with van der Waals surface area (Å²) in [4.78, 5) is 21.4. The first kappa shape index (κ1) is 10.5. The molecule has 4 heteroatoms. The van der Waals surface area contributed by atoms with Crippen molar-refractivity contribution in [3.63, 3.8) is 0 Å². The Labute approximate surface area is 88.3 Å². The summed E-state index contributed by atoms with van der Waals surface area (Å²) in [5.74, 6) is -0.819. The lowest BCUT2D eigenvalue weighted by atomic mass is 9.77. The van der Waals surface area contributed by atoms with E-state index >= 15 is 0 Å². The lowest BCUT2D eigenvalue weighted by Crippen LogP contribution is -2.22. The molecule has 0 radical (unpaired) electrons. The quantitative estimate of drug-likeness (QED) is 0.744. The van der Waals surface area contributed by atoms with Crippen LogP contribution in [0.15, 0.2) is 0 Å². The van der Waals surface area contributed by atoms with Crippen molar-refractivity contribution in [1.82, 2.24) is 0 Å². The number of aliphatic carboxylic acids is 2. The molecule has 0 spiro atoms. The Kier molecular flexibility index (Phi) is 2.44. The van der Waals surface area contributed by atoms with Crippen LogP contribution in [-0.2, 0) is 9.59 Å².